The van der Waals surface area contributed by atoms with E-state index in [0.29, 0.717) is 5.69 Å². The van der Waals surface area contributed by atoms with E-state index in [1.165, 1.54) is 5.56 Å². The van der Waals surface area contributed by atoms with Gasteiger partial charge in [-0.25, -0.2) is 0 Å². The van der Waals surface area contributed by atoms with Crippen molar-refractivity contribution >= 4 is 11.4 Å². The highest BCUT2D eigenvalue weighted by molar-refractivity contribution is 5.61. The summed E-state index contributed by atoms with van der Waals surface area (Å²) < 4.78 is 7.59. The molecule has 0 atom stereocenters. The molecule has 0 bridgehead atoms. The molecule has 2 aromatic rings. The molecule has 0 aliphatic carbocycles. The number of rotatable bonds is 6. The third-order valence-electron chi connectivity index (χ3n) is 2.81. The second-order valence-electron chi connectivity index (χ2n) is 5.13. The van der Waals surface area contributed by atoms with Gasteiger partial charge in [-0.05, 0) is 38.5 Å². The molecule has 0 unspecified atom stereocenters. The quantitative estimate of drug-likeness (QED) is 0.795. The predicted octanol–water partition coefficient (Wildman–Crippen LogP) is 2.67. The van der Waals surface area contributed by atoms with E-state index in [1.807, 2.05) is 56.0 Å². The third kappa shape index (κ3) is 3.91. The normalized spacial score (nSPS) is 10.8. The molecule has 5 nitrogen and oxygen atoms in total. The number of nitrogens with two attached hydrogens (primary N) is 1. The molecule has 2 rings (SSSR count). The number of aromatic nitrogens is 2. The molecule has 0 amide bonds. The zero-order chi connectivity index (χ0) is 14.5. The van der Waals surface area contributed by atoms with Gasteiger partial charge in [-0.2, -0.15) is 5.10 Å². The average molecular weight is 274 g/mol. The number of nitrogens with one attached hydrogen (secondary N) is 1. The number of aryl methyl sites for hydroxylation is 1. The highest BCUT2D eigenvalue weighted by atomic mass is 16.5. The van der Waals surface area contributed by atoms with Crippen LogP contribution in [0.1, 0.15) is 19.4 Å². The van der Waals surface area contributed by atoms with Gasteiger partial charge in [0.15, 0.2) is 0 Å². The minimum Gasteiger partial charge on any atom is -0.489 e. The third-order valence-corrected chi connectivity index (χ3v) is 2.81. The first-order valence-corrected chi connectivity index (χ1v) is 6.83. The Hall–Kier alpha value is -2.17. The lowest BCUT2D eigenvalue weighted by Gasteiger charge is -2.14. The van der Waals surface area contributed by atoms with E-state index in [2.05, 4.69) is 10.4 Å². The van der Waals surface area contributed by atoms with Crippen molar-refractivity contribution in [2.24, 2.45) is 0 Å². The van der Waals surface area contributed by atoms with Gasteiger partial charge in [0.1, 0.15) is 5.75 Å². The van der Waals surface area contributed by atoms with Crippen LogP contribution in [-0.4, -0.2) is 22.4 Å². The van der Waals surface area contributed by atoms with Crippen molar-refractivity contribution in [3.8, 4) is 5.75 Å². The molecular formula is C15H22N4O. The number of ether oxygens (including phenoxy) is 1. The van der Waals surface area contributed by atoms with E-state index in [9.17, 15) is 0 Å². The van der Waals surface area contributed by atoms with Gasteiger partial charge in [-0.1, -0.05) is 0 Å². The maximum atomic E-state index is 5.89. The molecule has 0 spiro atoms. The fraction of sp³-hybridized carbons (Fsp3) is 0.400. The minimum absolute atomic E-state index is 0.111. The van der Waals surface area contributed by atoms with Gasteiger partial charge in [0.25, 0.3) is 0 Å². The Bertz CT molecular complexity index is 563. The van der Waals surface area contributed by atoms with E-state index in [-0.39, 0.29) is 6.10 Å². The van der Waals surface area contributed by atoms with Crippen molar-refractivity contribution in [2.45, 2.75) is 33.4 Å². The predicted molar refractivity (Wildman–Crippen MR) is 82.1 cm³/mol. The second kappa shape index (κ2) is 6.32. The van der Waals surface area contributed by atoms with Gasteiger partial charge in [0.05, 0.1) is 24.5 Å². The van der Waals surface area contributed by atoms with Crippen LogP contribution in [0.25, 0.3) is 0 Å². The van der Waals surface area contributed by atoms with E-state index < -0.39 is 0 Å². The largest absolute Gasteiger partial charge is 0.489 e. The molecule has 0 saturated heterocycles. The first kappa shape index (κ1) is 14.2. The minimum atomic E-state index is 0.111. The van der Waals surface area contributed by atoms with E-state index in [4.69, 9.17) is 10.5 Å². The zero-order valence-electron chi connectivity index (χ0n) is 12.3. The molecular weight excluding hydrogens is 252 g/mol. The van der Waals surface area contributed by atoms with E-state index >= 15 is 0 Å². The summed E-state index contributed by atoms with van der Waals surface area (Å²) in [4.78, 5) is 0. The zero-order valence-corrected chi connectivity index (χ0v) is 12.3. The Kier molecular flexibility index (Phi) is 4.50. The number of nitrogens with zero attached hydrogens (tertiary/aromatic N) is 2. The number of nitrogen functional groups attached to an aromatic ring is 1. The van der Waals surface area contributed by atoms with Crippen LogP contribution in [0.15, 0.2) is 30.6 Å². The van der Waals surface area contributed by atoms with Crippen LogP contribution in [0.4, 0.5) is 11.4 Å². The smallest absolute Gasteiger partial charge is 0.144 e. The van der Waals surface area contributed by atoms with Crippen LogP contribution < -0.4 is 15.8 Å². The summed E-state index contributed by atoms with van der Waals surface area (Å²) in [6.07, 6.45) is 4.00. The lowest BCUT2D eigenvalue weighted by molar-refractivity contribution is 0.244. The van der Waals surface area contributed by atoms with Crippen molar-refractivity contribution < 1.29 is 4.74 Å². The second-order valence-corrected chi connectivity index (χ2v) is 5.13. The van der Waals surface area contributed by atoms with Gasteiger partial charge in [-0.15, -0.1) is 0 Å². The first-order chi connectivity index (χ1) is 9.54. The molecule has 5 heteroatoms. The van der Waals surface area contributed by atoms with Gasteiger partial charge in [-0.3, -0.25) is 4.68 Å². The maximum Gasteiger partial charge on any atom is 0.144 e. The first-order valence-electron chi connectivity index (χ1n) is 6.83. The van der Waals surface area contributed by atoms with E-state index in [1.54, 1.807) is 0 Å². The summed E-state index contributed by atoms with van der Waals surface area (Å²) in [6, 6.07) is 5.75. The Morgan fingerprint density at radius 2 is 2.20 bits per heavy atom. The van der Waals surface area contributed by atoms with Crippen molar-refractivity contribution in [3.05, 3.63) is 36.2 Å². The molecule has 3 N–H and O–H groups in total. The summed E-state index contributed by atoms with van der Waals surface area (Å²) in [5, 5.41) is 7.60. The molecule has 0 aliphatic rings. The summed E-state index contributed by atoms with van der Waals surface area (Å²) in [6.45, 7) is 7.62. The summed E-state index contributed by atoms with van der Waals surface area (Å²) >= 11 is 0. The van der Waals surface area contributed by atoms with Crippen molar-refractivity contribution in [1.82, 2.24) is 9.78 Å². The highest BCUT2D eigenvalue weighted by Gasteiger charge is 2.04. The molecule has 0 saturated carbocycles. The average Bonchev–Trinajstić information content (AvgIpc) is 2.78. The lowest BCUT2D eigenvalue weighted by atomic mass is 10.2. The van der Waals surface area contributed by atoms with Gasteiger partial charge in [0.2, 0.25) is 0 Å². The van der Waals surface area contributed by atoms with Crippen molar-refractivity contribution in [1.29, 1.82) is 0 Å². The Labute approximate surface area is 119 Å². The summed E-state index contributed by atoms with van der Waals surface area (Å²) in [5.41, 5.74) is 8.72. The SMILES string of the molecule is Cc1cnn(CCNc2ccc(N)c(OC(C)C)c2)c1. The number of benzene rings is 1. The Morgan fingerprint density at radius 3 is 2.85 bits per heavy atom. The van der Waals surface area contributed by atoms with Crippen LogP contribution in [0.2, 0.25) is 0 Å². The van der Waals surface area contributed by atoms with Crippen LogP contribution in [0.3, 0.4) is 0 Å². The molecule has 20 heavy (non-hydrogen) atoms. The number of anilines is 2. The molecule has 0 radical (unpaired) electrons. The topological polar surface area (TPSA) is 65.1 Å². The molecule has 108 valence electrons. The van der Waals surface area contributed by atoms with Gasteiger partial charge >= 0.3 is 0 Å². The highest BCUT2D eigenvalue weighted by Crippen LogP contribution is 2.26. The fourth-order valence-electron chi connectivity index (χ4n) is 1.90. The van der Waals surface area contributed by atoms with Crippen molar-refractivity contribution in [2.75, 3.05) is 17.6 Å². The summed E-state index contributed by atoms with van der Waals surface area (Å²) in [5.74, 6) is 0.722. The standard InChI is InChI=1S/C15H22N4O/c1-11(2)20-15-8-13(4-5-14(15)16)17-6-7-19-10-12(3)9-18-19/h4-5,8-11,17H,6-7,16H2,1-3H3. The van der Waals surface area contributed by atoms with E-state index in [0.717, 1.165) is 24.5 Å². The van der Waals surface area contributed by atoms with Crippen LogP contribution in [-0.2, 0) is 6.54 Å². The number of hydrogen-bond acceptors (Lipinski definition) is 4. The Morgan fingerprint density at radius 1 is 1.40 bits per heavy atom. The summed E-state index contributed by atoms with van der Waals surface area (Å²) in [7, 11) is 0. The maximum absolute atomic E-state index is 5.89. The lowest BCUT2D eigenvalue weighted by Crippen LogP contribution is -2.12. The Balaban J connectivity index is 1.92. The van der Waals surface area contributed by atoms with Gasteiger partial charge in [0, 0.05) is 24.5 Å². The molecule has 0 aliphatic heterocycles. The van der Waals surface area contributed by atoms with Crippen LogP contribution in [0, 0.1) is 6.92 Å². The molecule has 1 aromatic carbocycles. The molecule has 1 heterocycles. The van der Waals surface area contributed by atoms with Crippen LogP contribution >= 0.6 is 0 Å². The monoisotopic (exact) mass is 274 g/mol. The molecule has 1 aromatic heterocycles. The number of hydrogen-bond donors (Lipinski definition) is 2. The fourth-order valence-corrected chi connectivity index (χ4v) is 1.90. The molecule has 0 fully saturated rings. The van der Waals surface area contributed by atoms with Crippen molar-refractivity contribution in [3.63, 3.8) is 0 Å². The van der Waals surface area contributed by atoms with Gasteiger partial charge < -0.3 is 15.8 Å². The van der Waals surface area contributed by atoms with Crippen LogP contribution in [0.5, 0.6) is 5.75 Å².